The zero-order chi connectivity index (χ0) is 13.0. The molecule has 0 bridgehead atoms. The number of hydrogen-bond acceptors (Lipinski definition) is 1. The largest absolute Gasteiger partial charge is 0.327 e. The SMILES string of the molecule is C#CCN1C[C@@H](CCCBr)c2ccccc2C1=O. The first-order valence-electron chi connectivity index (χ1n) is 6.15. The molecular weight excluding hydrogens is 290 g/mol. The third-order valence-corrected chi connectivity index (χ3v) is 3.89. The number of fused-ring (bicyclic) bond motifs is 1. The molecule has 1 heterocycles. The Balaban J connectivity index is 2.29. The van der Waals surface area contributed by atoms with Crippen LogP contribution in [0.1, 0.15) is 34.7 Å². The first-order valence-corrected chi connectivity index (χ1v) is 7.27. The molecule has 3 heteroatoms. The Morgan fingerprint density at radius 2 is 2.22 bits per heavy atom. The van der Waals surface area contributed by atoms with E-state index in [0.717, 1.165) is 30.3 Å². The summed E-state index contributed by atoms with van der Waals surface area (Å²) in [5.41, 5.74) is 2.00. The third kappa shape index (κ3) is 2.59. The van der Waals surface area contributed by atoms with E-state index in [1.807, 2.05) is 18.2 Å². The summed E-state index contributed by atoms with van der Waals surface area (Å²) in [5.74, 6) is 3.05. The lowest BCUT2D eigenvalue weighted by atomic mass is 9.86. The standard InChI is InChI=1S/C15H16BrNO/c1-2-10-17-11-12(6-5-9-16)13-7-3-4-8-14(13)15(17)18/h1,3-4,7-8,12H,5-6,9-11H2/t12-/m1/s1. The van der Waals surface area contributed by atoms with Gasteiger partial charge in [-0.3, -0.25) is 4.79 Å². The number of halogens is 1. The Morgan fingerprint density at radius 1 is 1.44 bits per heavy atom. The zero-order valence-corrected chi connectivity index (χ0v) is 11.8. The highest BCUT2D eigenvalue weighted by Crippen LogP contribution is 2.31. The summed E-state index contributed by atoms with van der Waals surface area (Å²) in [5, 5.41) is 0.995. The lowest BCUT2D eigenvalue weighted by Crippen LogP contribution is -2.40. The maximum absolute atomic E-state index is 12.2. The van der Waals surface area contributed by atoms with Gasteiger partial charge in [-0.2, -0.15) is 0 Å². The monoisotopic (exact) mass is 305 g/mol. The Hall–Kier alpha value is -1.27. The number of carbonyl (C=O) groups is 1. The molecule has 1 aromatic carbocycles. The quantitative estimate of drug-likeness (QED) is 0.618. The molecule has 0 saturated heterocycles. The highest BCUT2D eigenvalue weighted by molar-refractivity contribution is 9.09. The number of benzene rings is 1. The van der Waals surface area contributed by atoms with Crippen molar-refractivity contribution < 1.29 is 4.79 Å². The number of terminal acetylenes is 1. The lowest BCUT2D eigenvalue weighted by Gasteiger charge is -2.33. The second-order valence-electron chi connectivity index (χ2n) is 4.51. The molecule has 0 saturated carbocycles. The van der Waals surface area contributed by atoms with Crippen LogP contribution < -0.4 is 0 Å². The number of rotatable bonds is 4. The summed E-state index contributed by atoms with van der Waals surface area (Å²) in [4.78, 5) is 14.0. The van der Waals surface area contributed by atoms with Gasteiger partial charge in [0.25, 0.3) is 5.91 Å². The van der Waals surface area contributed by atoms with Crippen LogP contribution in [0.3, 0.4) is 0 Å². The summed E-state index contributed by atoms with van der Waals surface area (Å²) in [6.45, 7) is 1.14. The molecule has 0 fully saturated rings. The van der Waals surface area contributed by atoms with E-state index in [1.54, 1.807) is 4.90 Å². The van der Waals surface area contributed by atoms with Crippen LogP contribution in [0.15, 0.2) is 24.3 Å². The number of alkyl halides is 1. The molecule has 0 spiro atoms. The van der Waals surface area contributed by atoms with Gasteiger partial charge in [-0.25, -0.2) is 0 Å². The summed E-state index contributed by atoms with van der Waals surface area (Å²) in [6.07, 6.45) is 7.52. The highest BCUT2D eigenvalue weighted by Gasteiger charge is 2.29. The van der Waals surface area contributed by atoms with Crippen molar-refractivity contribution in [1.82, 2.24) is 4.90 Å². The van der Waals surface area contributed by atoms with Crippen molar-refractivity contribution in [2.24, 2.45) is 0 Å². The second kappa shape index (κ2) is 6.06. The molecule has 0 unspecified atom stereocenters. The zero-order valence-electron chi connectivity index (χ0n) is 10.2. The normalized spacial score (nSPS) is 18.3. The van der Waals surface area contributed by atoms with E-state index in [4.69, 9.17) is 6.42 Å². The average Bonchev–Trinajstić information content (AvgIpc) is 2.41. The van der Waals surface area contributed by atoms with Crippen molar-refractivity contribution in [3.8, 4) is 12.3 Å². The van der Waals surface area contributed by atoms with Crippen LogP contribution in [0.2, 0.25) is 0 Å². The van der Waals surface area contributed by atoms with E-state index >= 15 is 0 Å². The Morgan fingerprint density at radius 3 is 2.94 bits per heavy atom. The van der Waals surface area contributed by atoms with Crippen LogP contribution in [0, 0.1) is 12.3 Å². The van der Waals surface area contributed by atoms with Gasteiger partial charge in [-0.1, -0.05) is 40.0 Å². The number of hydrogen-bond donors (Lipinski definition) is 0. The average molecular weight is 306 g/mol. The van der Waals surface area contributed by atoms with Crippen molar-refractivity contribution in [2.45, 2.75) is 18.8 Å². The molecule has 2 nitrogen and oxygen atoms in total. The molecule has 1 aliphatic heterocycles. The number of carbonyl (C=O) groups excluding carboxylic acids is 1. The number of nitrogens with zero attached hydrogens (tertiary/aromatic N) is 1. The Labute approximate surface area is 116 Å². The van der Waals surface area contributed by atoms with E-state index in [9.17, 15) is 4.79 Å². The minimum absolute atomic E-state index is 0.0682. The topological polar surface area (TPSA) is 20.3 Å². The van der Waals surface area contributed by atoms with Gasteiger partial charge < -0.3 is 4.90 Å². The minimum Gasteiger partial charge on any atom is -0.327 e. The number of amides is 1. The molecule has 1 amide bonds. The van der Waals surface area contributed by atoms with Crippen LogP contribution in [0.4, 0.5) is 0 Å². The van der Waals surface area contributed by atoms with E-state index < -0.39 is 0 Å². The van der Waals surface area contributed by atoms with Gasteiger partial charge in [-0.15, -0.1) is 6.42 Å². The van der Waals surface area contributed by atoms with Gasteiger partial charge in [-0.05, 0) is 24.5 Å². The first kappa shape index (κ1) is 13.2. The fraction of sp³-hybridized carbons (Fsp3) is 0.400. The van der Waals surface area contributed by atoms with Crippen molar-refractivity contribution in [3.05, 3.63) is 35.4 Å². The van der Waals surface area contributed by atoms with Crippen LogP contribution in [-0.4, -0.2) is 29.2 Å². The minimum atomic E-state index is 0.0682. The smallest absolute Gasteiger partial charge is 0.254 e. The second-order valence-corrected chi connectivity index (χ2v) is 5.30. The maximum Gasteiger partial charge on any atom is 0.254 e. The molecule has 2 rings (SSSR count). The van der Waals surface area contributed by atoms with Crippen molar-refractivity contribution >= 4 is 21.8 Å². The summed E-state index contributed by atoms with van der Waals surface area (Å²) in [6, 6.07) is 7.89. The van der Waals surface area contributed by atoms with E-state index in [-0.39, 0.29) is 5.91 Å². The van der Waals surface area contributed by atoms with Crippen LogP contribution >= 0.6 is 15.9 Å². The molecule has 0 N–H and O–H groups in total. The molecular formula is C15H16BrNO. The van der Waals surface area contributed by atoms with Crippen LogP contribution in [0.25, 0.3) is 0 Å². The fourth-order valence-electron chi connectivity index (χ4n) is 2.48. The van der Waals surface area contributed by atoms with Gasteiger partial charge >= 0.3 is 0 Å². The van der Waals surface area contributed by atoms with Crippen molar-refractivity contribution in [2.75, 3.05) is 18.4 Å². The van der Waals surface area contributed by atoms with Gasteiger partial charge in [0.15, 0.2) is 0 Å². The molecule has 0 radical (unpaired) electrons. The van der Waals surface area contributed by atoms with Crippen molar-refractivity contribution in [3.63, 3.8) is 0 Å². The van der Waals surface area contributed by atoms with Gasteiger partial charge in [0.05, 0.1) is 6.54 Å². The fourth-order valence-corrected chi connectivity index (χ4v) is 2.81. The predicted octanol–water partition coefficient (Wildman–Crippen LogP) is 3.03. The molecule has 0 aliphatic carbocycles. The third-order valence-electron chi connectivity index (χ3n) is 3.33. The first-order chi connectivity index (χ1) is 8.77. The highest BCUT2D eigenvalue weighted by atomic mass is 79.9. The van der Waals surface area contributed by atoms with Gasteiger partial charge in [0, 0.05) is 23.4 Å². The molecule has 18 heavy (non-hydrogen) atoms. The molecule has 0 aromatic heterocycles. The van der Waals surface area contributed by atoms with E-state index in [2.05, 4.69) is 27.9 Å². The van der Waals surface area contributed by atoms with E-state index in [0.29, 0.717) is 12.5 Å². The van der Waals surface area contributed by atoms with Gasteiger partial charge in [0.1, 0.15) is 0 Å². The van der Waals surface area contributed by atoms with E-state index in [1.165, 1.54) is 5.56 Å². The summed E-state index contributed by atoms with van der Waals surface area (Å²) < 4.78 is 0. The summed E-state index contributed by atoms with van der Waals surface area (Å²) in [7, 11) is 0. The summed E-state index contributed by atoms with van der Waals surface area (Å²) >= 11 is 3.46. The molecule has 1 aliphatic rings. The Kier molecular flexibility index (Phi) is 4.43. The van der Waals surface area contributed by atoms with Crippen molar-refractivity contribution in [1.29, 1.82) is 0 Å². The maximum atomic E-state index is 12.2. The van der Waals surface area contributed by atoms with Gasteiger partial charge in [0.2, 0.25) is 0 Å². The van der Waals surface area contributed by atoms with Crippen LogP contribution in [-0.2, 0) is 0 Å². The molecule has 94 valence electrons. The lowest BCUT2D eigenvalue weighted by molar-refractivity contribution is 0.0742. The molecule has 1 atom stereocenters. The molecule has 1 aromatic rings. The van der Waals surface area contributed by atoms with Crippen LogP contribution in [0.5, 0.6) is 0 Å². The predicted molar refractivity (Wildman–Crippen MR) is 76.9 cm³/mol. The Bertz CT molecular complexity index is 478.